The number of nitriles is 1. The van der Waals surface area contributed by atoms with Crippen LogP contribution in [0.2, 0.25) is 0 Å². The van der Waals surface area contributed by atoms with E-state index in [0.717, 1.165) is 44.1 Å². The van der Waals surface area contributed by atoms with Crippen LogP contribution in [0.15, 0.2) is 66.9 Å². The van der Waals surface area contributed by atoms with Gasteiger partial charge in [-0.15, -0.1) is 0 Å². The van der Waals surface area contributed by atoms with E-state index in [-0.39, 0.29) is 5.82 Å². The van der Waals surface area contributed by atoms with Gasteiger partial charge in [0.15, 0.2) is 0 Å². The lowest BCUT2D eigenvalue weighted by molar-refractivity contribution is 0.245. The lowest BCUT2D eigenvalue weighted by atomic mass is 10.2. The van der Waals surface area contributed by atoms with Crippen LogP contribution in [0.3, 0.4) is 0 Å². The molecule has 4 nitrogen and oxygen atoms in total. The van der Waals surface area contributed by atoms with Gasteiger partial charge in [-0.25, -0.2) is 4.39 Å². The summed E-state index contributed by atoms with van der Waals surface area (Å²) in [5.41, 5.74) is 3.41. The number of piperazine rings is 1. The van der Waals surface area contributed by atoms with E-state index in [9.17, 15) is 9.65 Å². The summed E-state index contributed by atoms with van der Waals surface area (Å²) >= 11 is 0. The second-order valence-electron chi connectivity index (χ2n) is 6.71. The Balaban J connectivity index is 1.46. The zero-order chi connectivity index (χ0) is 18.6. The molecule has 4 rings (SSSR count). The molecule has 0 atom stereocenters. The van der Waals surface area contributed by atoms with Crippen LogP contribution in [0.5, 0.6) is 0 Å². The third kappa shape index (κ3) is 3.57. The van der Waals surface area contributed by atoms with Crippen LogP contribution < -0.4 is 4.90 Å². The van der Waals surface area contributed by atoms with Crippen molar-refractivity contribution in [3.8, 4) is 11.8 Å². The Hall–Kier alpha value is -3.10. The lowest BCUT2D eigenvalue weighted by Gasteiger charge is -2.36. The standard InChI is InChI=1S/C22H21FN4/c23-20-8-2-4-10-22(20)26-14-12-25(13-15-26)17-19-7-5-11-27(19)21-9-3-1-6-18(21)16-24/h1-11H,12-15,17H2. The van der Waals surface area contributed by atoms with Crippen molar-refractivity contribution in [2.45, 2.75) is 6.54 Å². The van der Waals surface area contributed by atoms with Gasteiger partial charge >= 0.3 is 0 Å². The number of para-hydroxylation sites is 2. The molecule has 0 radical (unpaired) electrons. The number of hydrogen-bond acceptors (Lipinski definition) is 3. The van der Waals surface area contributed by atoms with E-state index in [0.29, 0.717) is 11.3 Å². The molecule has 0 aliphatic carbocycles. The molecule has 2 aromatic carbocycles. The Morgan fingerprint density at radius 2 is 1.56 bits per heavy atom. The first-order valence-corrected chi connectivity index (χ1v) is 9.14. The first-order chi connectivity index (χ1) is 13.3. The molecule has 2 heterocycles. The normalized spacial score (nSPS) is 14.9. The second-order valence-corrected chi connectivity index (χ2v) is 6.71. The summed E-state index contributed by atoms with van der Waals surface area (Å²) in [6.07, 6.45) is 2.00. The number of benzene rings is 2. The Kier molecular flexibility index (Phi) is 4.91. The Labute approximate surface area is 158 Å². The summed E-state index contributed by atoms with van der Waals surface area (Å²) in [7, 11) is 0. The van der Waals surface area contributed by atoms with E-state index >= 15 is 0 Å². The number of halogens is 1. The molecular formula is C22H21FN4. The van der Waals surface area contributed by atoms with Crippen LogP contribution in [0, 0.1) is 17.1 Å². The topological polar surface area (TPSA) is 35.2 Å². The maximum atomic E-state index is 14.0. The molecule has 0 amide bonds. The van der Waals surface area contributed by atoms with Gasteiger partial charge in [0.2, 0.25) is 0 Å². The van der Waals surface area contributed by atoms with E-state index < -0.39 is 0 Å². The number of nitrogens with zero attached hydrogens (tertiary/aromatic N) is 4. The Morgan fingerprint density at radius 1 is 0.852 bits per heavy atom. The maximum absolute atomic E-state index is 14.0. The van der Waals surface area contributed by atoms with Crippen LogP contribution >= 0.6 is 0 Å². The van der Waals surface area contributed by atoms with E-state index in [4.69, 9.17) is 0 Å². The van der Waals surface area contributed by atoms with Crippen LogP contribution in [-0.4, -0.2) is 35.6 Å². The fourth-order valence-electron chi connectivity index (χ4n) is 3.64. The highest BCUT2D eigenvalue weighted by Gasteiger charge is 2.20. The molecule has 3 aromatic rings. The molecule has 136 valence electrons. The van der Waals surface area contributed by atoms with E-state index in [1.54, 1.807) is 6.07 Å². The molecule has 1 saturated heterocycles. The smallest absolute Gasteiger partial charge is 0.146 e. The summed E-state index contributed by atoms with van der Waals surface area (Å²) in [6, 6.07) is 21.0. The summed E-state index contributed by atoms with van der Waals surface area (Å²) in [6.45, 7) is 4.16. The molecule has 0 spiro atoms. The third-order valence-electron chi connectivity index (χ3n) is 5.07. The van der Waals surface area contributed by atoms with Crippen molar-refractivity contribution in [2.24, 2.45) is 0 Å². The highest BCUT2D eigenvalue weighted by atomic mass is 19.1. The van der Waals surface area contributed by atoms with Crippen molar-refractivity contribution in [2.75, 3.05) is 31.1 Å². The first kappa shape index (κ1) is 17.3. The molecule has 1 fully saturated rings. The zero-order valence-corrected chi connectivity index (χ0v) is 15.1. The van der Waals surface area contributed by atoms with Gasteiger partial charge in [0.1, 0.15) is 11.9 Å². The van der Waals surface area contributed by atoms with Crippen LogP contribution in [0.4, 0.5) is 10.1 Å². The van der Waals surface area contributed by atoms with Crippen LogP contribution in [-0.2, 0) is 6.54 Å². The van der Waals surface area contributed by atoms with Crippen LogP contribution in [0.1, 0.15) is 11.3 Å². The van der Waals surface area contributed by atoms with Gasteiger partial charge in [-0.3, -0.25) is 4.90 Å². The van der Waals surface area contributed by atoms with Crippen molar-refractivity contribution < 1.29 is 4.39 Å². The quantitative estimate of drug-likeness (QED) is 0.710. The van der Waals surface area contributed by atoms with E-state index in [1.165, 1.54) is 6.07 Å². The molecule has 1 aliphatic rings. The summed E-state index contributed by atoms with van der Waals surface area (Å²) in [5.74, 6) is -0.159. The van der Waals surface area contributed by atoms with Crippen molar-refractivity contribution in [1.82, 2.24) is 9.47 Å². The minimum atomic E-state index is -0.159. The van der Waals surface area contributed by atoms with Crippen molar-refractivity contribution >= 4 is 5.69 Å². The fraction of sp³-hybridized carbons (Fsp3) is 0.227. The van der Waals surface area contributed by atoms with E-state index in [2.05, 4.69) is 26.5 Å². The highest BCUT2D eigenvalue weighted by Crippen LogP contribution is 2.22. The summed E-state index contributed by atoms with van der Waals surface area (Å²) in [5, 5.41) is 9.38. The van der Waals surface area contributed by atoms with Gasteiger partial charge in [0.25, 0.3) is 0 Å². The number of aromatic nitrogens is 1. The van der Waals surface area contributed by atoms with Crippen molar-refractivity contribution in [3.05, 3.63) is 83.9 Å². The predicted octanol–water partition coefficient (Wildman–Crippen LogP) is 3.81. The molecule has 5 heteroatoms. The monoisotopic (exact) mass is 360 g/mol. The highest BCUT2D eigenvalue weighted by molar-refractivity contribution is 5.50. The maximum Gasteiger partial charge on any atom is 0.146 e. The molecule has 1 aromatic heterocycles. The Bertz CT molecular complexity index is 964. The van der Waals surface area contributed by atoms with Crippen molar-refractivity contribution in [1.29, 1.82) is 5.26 Å². The SMILES string of the molecule is N#Cc1ccccc1-n1cccc1CN1CCN(c2ccccc2F)CC1. The van der Waals surface area contributed by atoms with Gasteiger partial charge in [-0.1, -0.05) is 24.3 Å². The molecular weight excluding hydrogens is 339 g/mol. The number of hydrogen-bond donors (Lipinski definition) is 0. The second kappa shape index (κ2) is 7.65. The van der Waals surface area contributed by atoms with Crippen LogP contribution in [0.25, 0.3) is 5.69 Å². The van der Waals surface area contributed by atoms with Gasteiger partial charge < -0.3 is 9.47 Å². The first-order valence-electron chi connectivity index (χ1n) is 9.14. The number of rotatable bonds is 4. The molecule has 0 N–H and O–H groups in total. The molecule has 0 bridgehead atoms. The lowest BCUT2D eigenvalue weighted by Crippen LogP contribution is -2.46. The molecule has 0 saturated carbocycles. The minimum absolute atomic E-state index is 0.159. The largest absolute Gasteiger partial charge is 0.367 e. The average molecular weight is 360 g/mol. The van der Waals surface area contributed by atoms with Crippen molar-refractivity contribution in [3.63, 3.8) is 0 Å². The van der Waals surface area contributed by atoms with Gasteiger partial charge in [0.05, 0.1) is 16.9 Å². The number of anilines is 1. The predicted molar refractivity (Wildman–Crippen MR) is 104 cm³/mol. The molecule has 27 heavy (non-hydrogen) atoms. The Morgan fingerprint density at radius 3 is 2.30 bits per heavy atom. The van der Waals surface area contributed by atoms with E-state index in [1.807, 2.05) is 48.7 Å². The zero-order valence-electron chi connectivity index (χ0n) is 15.1. The van der Waals surface area contributed by atoms with Gasteiger partial charge in [-0.05, 0) is 36.4 Å². The summed E-state index contributed by atoms with van der Waals surface area (Å²) in [4.78, 5) is 4.48. The summed E-state index contributed by atoms with van der Waals surface area (Å²) < 4.78 is 16.1. The van der Waals surface area contributed by atoms with Gasteiger partial charge in [0, 0.05) is 44.6 Å². The average Bonchev–Trinajstić information content (AvgIpc) is 3.17. The van der Waals surface area contributed by atoms with Gasteiger partial charge in [-0.2, -0.15) is 5.26 Å². The molecule has 0 unspecified atom stereocenters. The third-order valence-corrected chi connectivity index (χ3v) is 5.07. The minimum Gasteiger partial charge on any atom is -0.367 e. The fourth-order valence-corrected chi connectivity index (χ4v) is 3.64. The molecule has 1 aliphatic heterocycles.